The normalized spacial score (nSPS) is 14.4. The summed E-state index contributed by atoms with van der Waals surface area (Å²) in [6, 6.07) is 0. The number of allylic oxidation sites excluding steroid dienone is 2. The molecule has 0 saturated carbocycles. The maximum Gasteiger partial charge on any atom is -0.0320 e. The Morgan fingerprint density at radius 1 is 1.14 bits per heavy atom. The average molecular weight is 196 g/mol. The van der Waals surface area contributed by atoms with E-state index in [9.17, 15) is 0 Å². The molecule has 0 nitrogen and oxygen atoms in total. The van der Waals surface area contributed by atoms with Crippen LogP contribution < -0.4 is 0 Å². The minimum Gasteiger partial charge on any atom is -0.0856 e. The summed E-state index contributed by atoms with van der Waals surface area (Å²) >= 11 is 0. The monoisotopic (exact) mass is 196 g/mol. The van der Waals surface area contributed by atoms with Gasteiger partial charge >= 0.3 is 0 Å². The SMILES string of the molecule is CC/C=C(\CC)CCCC(C)CCC. The summed E-state index contributed by atoms with van der Waals surface area (Å²) in [5.74, 6) is 0.930. The van der Waals surface area contributed by atoms with Crippen molar-refractivity contribution in [2.24, 2.45) is 5.92 Å². The molecule has 14 heavy (non-hydrogen) atoms. The van der Waals surface area contributed by atoms with E-state index in [-0.39, 0.29) is 0 Å². The summed E-state index contributed by atoms with van der Waals surface area (Å²) in [6.45, 7) is 9.18. The zero-order valence-electron chi connectivity index (χ0n) is 10.6. The molecule has 1 unspecified atom stereocenters. The average Bonchev–Trinajstić information content (AvgIpc) is 2.17. The van der Waals surface area contributed by atoms with Gasteiger partial charge in [-0.05, 0) is 31.6 Å². The van der Waals surface area contributed by atoms with E-state index in [0.717, 1.165) is 5.92 Å². The quantitative estimate of drug-likeness (QED) is 0.460. The van der Waals surface area contributed by atoms with Crippen LogP contribution in [0.4, 0.5) is 0 Å². The number of hydrogen-bond donors (Lipinski definition) is 0. The van der Waals surface area contributed by atoms with Gasteiger partial charge in [-0.1, -0.05) is 58.6 Å². The lowest BCUT2D eigenvalue weighted by Gasteiger charge is -2.10. The van der Waals surface area contributed by atoms with Crippen LogP contribution in [0.2, 0.25) is 0 Å². The van der Waals surface area contributed by atoms with E-state index >= 15 is 0 Å². The molecule has 0 saturated heterocycles. The van der Waals surface area contributed by atoms with E-state index in [0.29, 0.717) is 0 Å². The van der Waals surface area contributed by atoms with Crippen molar-refractivity contribution >= 4 is 0 Å². The number of rotatable bonds is 8. The van der Waals surface area contributed by atoms with E-state index in [4.69, 9.17) is 0 Å². The summed E-state index contributed by atoms with van der Waals surface area (Å²) in [5, 5.41) is 0. The molecule has 0 radical (unpaired) electrons. The Bertz CT molecular complexity index is 144. The Balaban J connectivity index is 3.55. The predicted octanol–water partition coefficient (Wildman–Crippen LogP) is 5.34. The second-order valence-corrected chi connectivity index (χ2v) is 4.41. The Hall–Kier alpha value is -0.260. The van der Waals surface area contributed by atoms with Crippen molar-refractivity contribution in [2.45, 2.75) is 72.6 Å². The first kappa shape index (κ1) is 13.7. The van der Waals surface area contributed by atoms with Crippen LogP contribution in [-0.4, -0.2) is 0 Å². The van der Waals surface area contributed by atoms with Gasteiger partial charge in [-0.15, -0.1) is 0 Å². The third-order valence-electron chi connectivity index (χ3n) is 2.92. The summed E-state index contributed by atoms with van der Waals surface area (Å²) in [7, 11) is 0. The highest BCUT2D eigenvalue weighted by Gasteiger charge is 2.01. The van der Waals surface area contributed by atoms with E-state index < -0.39 is 0 Å². The first-order chi connectivity index (χ1) is 6.74. The van der Waals surface area contributed by atoms with Crippen LogP contribution in [0.25, 0.3) is 0 Å². The molecule has 0 N–H and O–H groups in total. The molecule has 0 heterocycles. The minimum atomic E-state index is 0.930. The van der Waals surface area contributed by atoms with Gasteiger partial charge in [0.2, 0.25) is 0 Å². The van der Waals surface area contributed by atoms with Gasteiger partial charge < -0.3 is 0 Å². The van der Waals surface area contributed by atoms with Crippen LogP contribution in [0.15, 0.2) is 11.6 Å². The Morgan fingerprint density at radius 2 is 1.86 bits per heavy atom. The molecule has 0 spiro atoms. The molecule has 0 aromatic rings. The van der Waals surface area contributed by atoms with Gasteiger partial charge in [0.25, 0.3) is 0 Å². The zero-order chi connectivity index (χ0) is 10.8. The largest absolute Gasteiger partial charge is 0.0856 e. The molecule has 0 bridgehead atoms. The lowest BCUT2D eigenvalue weighted by Crippen LogP contribution is -1.94. The predicted molar refractivity (Wildman–Crippen MR) is 66.6 cm³/mol. The van der Waals surface area contributed by atoms with E-state index in [2.05, 4.69) is 33.8 Å². The Kier molecular flexibility index (Phi) is 9.13. The van der Waals surface area contributed by atoms with Crippen molar-refractivity contribution in [3.63, 3.8) is 0 Å². The highest BCUT2D eigenvalue weighted by atomic mass is 14.1. The van der Waals surface area contributed by atoms with Crippen molar-refractivity contribution in [3.05, 3.63) is 11.6 Å². The minimum absolute atomic E-state index is 0.930. The molecule has 84 valence electrons. The smallest absolute Gasteiger partial charge is 0.0320 e. The fourth-order valence-corrected chi connectivity index (χ4v) is 2.03. The molecule has 0 aromatic heterocycles. The summed E-state index contributed by atoms with van der Waals surface area (Å²) in [6.07, 6.45) is 11.7. The van der Waals surface area contributed by atoms with Gasteiger partial charge in [-0.3, -0.25) is 0 Å². The van der Waals surface area contributed by atoms with Gasteiger partial charge in [-0.2, -0.15) is 0 Å². The fourth-order valence-electron chi connectivity index (χ4n) is 2.03. The molecule has 0 aromatic carbocycles. The van der Waals surface area contributed by atoms with Crippen LogP contribution in [0.1, 0.15) is 72.6 Å². The maximum atomic E-state index is 2.41. The molecular formula is C14H28. The van der Waals surface area contributed by atoms with Crippen LogP contribution in [-0.2, 0) is 0 Å². The molecule has 0 aliphatic rings. The van der Waals surface area contributed by atoms with Gasteiger partial charge in [0.15, 0.2) is 0 Å². The Morgan fingerprint density at radius 3 is 2.36 bits per heavy atom. The highest BCUT2D eigenvalue weighted by Crippen LogP contribution is 2.18. The van der Waals surface area contributed by atoms with E-state index in [1.807, 2.05) is 0 Å². The standard InChI is InChI=1S/C14H28/c1-5-9-13(4)11-8-12-14(7-3)10-6-2/h10,13H,5-9,11-12H2,1-4H3/b14-10+. The zero-order valence-corrected chi connectivity index (χ0v) is 10.6. The Labute approximate surface area is 90.8 Å². The van der Waals surface area contributed by atoms with Crippen LogP contribution in [0.3, 0.4) is 0 Å². The summed E-state index contributed by atoms with van der Waals surface area (Å²) < 4.78 is 0. The third-order valence-corrected chi connectivity index (χ3v) is 2.92. The topological polar surface area (TPSA) is 0 Å². The van der Waals surface area contributed by atoms with Crippen molar-refractivity contribution in [1.82, 2.24) is 0 Å². The van der Waals surface area contributed by atoms with Crippen molar-refractivity contribution in [3.8, 4) is 0 Å². The van der Waals surface area contributed by atoms with E-state index in [1.165, 1.54) is 44.9 Å². The summed E-state index contributed by atoms with van der Waals surface area (Å²) in [4.78, 5) is 0. The van der Waals surface area contributed by atoms with Gasteiger partial charge in [0.05, 0.1) is 0 Å². The molecule has 0 rings (SSSR count). The lowest BCUT2D eigenvalue weighted by atomic mass is 9.96. The molecular weight excluding hydrogens is 168 g/mol. The van der Waals surface area contributed by atoms with Crippen LogP contribution in [0, 0.1) is 5.92 Å². The van der Waals surface area contributed by atoms with E-state index in [1.54, 1.807) is 5.57 Å². The second kappa shape index (κ2) is 9.30. The van der Waals surface area contributed by atoms with Crippen molar-refractivity contribution in [2.75, 3.05) is 0 Å². The molecule has 0 amide bonds. The molecule has 0 heteroatoms. The lowest BCUT2D eigenvalue weighted by molar-refractivity contribution is 0.468. The number of hydrogen-bond acceptors (Lipinski definition) is 0. The van der Waals surface area contributed by atoms with Gasteiger partial charge in [-0.25, -0.2) is 0 Å². The molecule has 0 aliphatic carbocycles. The maximum absolute atomic E-state index is 2.41. The first-order valence-electron chi connectivity index (χ1n) is 6.42. The fraction of sp³-hybridized carbons (Fsp3) is 0.857. The second-order valence-electron chi connectivity index (χ2n) is 4.41. The first-order valence-corrected chi connectivity index (χ1v) is 6.42. The molecule has 1 atom stereocenters. The van der Waals surface area contributed by atoms with Crippen LogP contribution >= 0.6 is 0 Å². The molecule has 0 aliphatic heterocycles. The van der Waals surface area contributed by atoms with Gasteiger partial charge in [0.1, 0.15) is 0 Å². The van der Waals surface area contributed by atoms with Crippen molar-refractivity contribution in [1.29, 1.82) is 0 Å². The van der Waals surface area contributed by atoms with Crippen LogP contribution in [0.5, 0.6) is 0 Å². The van der Waals surface area contributed by atoms with Crippen molar-refractivity contribution < 1.29 is 0 Å². The summed E-state index contributed by atoms with van der Waals surface area (Å²) in [5.41, 5.74) is 1.66. The molecule has 0 fully saturated rings. The highest BCUT2D eigenvalue weighted by molar-refractivity contribution is 5.00. The van der Waals surface area contributed by atoms with Gasteiger partial charge in [0, 0.05) is 0 Å². The third kappa shape index (κ3) is 7.17.